The molecule has 6 heteroatoms. The minimum Gasteiger partial charge on any atom is -0.480 e. The molecule has 0 saturated heterocycles. The fourth-order valence-corrected chi connectivity index (χ4v) is 2.58. The number of unbranched alkanes of at least 4 members (excludes halogenated alkanes) is 1. The van der Waals surface area contributed by atoms with Gasteiger partial charge in [0.05, 0.1) is 5.69 Å². The molecule has 2 rings (SSSR count). The number of nitrogens with zero attached hydrogens (tertiary/aromatic N) is 2. The molecule has 0 spiro atoms. The lowest BCUT2D eigenvalue weighted by molar-refractivity contribution is -0.139. The summed E-state index contributed by atoms with van der Waals surface area (Å²) in [5.74, 6) is -1.39. The predicted octanol–water partition coefficient (Wildman–Crippen LogP) is 2.58. The standard InChI is InChI=1S/C17H23N3O3/c1-4-6-7-13(17(22)23)19-16(21)15-12(5-2)18-14-9-8-11(3)10-20(14)15/h8-10,13H,4-7H2,1-3H3,(H,19,21)(H,22,23). The van der Waals surface area contributed by atoms with Gasteiger partial charge in [0.15, 0.2) is 0 Å². The topological polar surface area (TPSA) is 83.7 Å². The highest BCUT2D eigenvalue weighted by Crippen LogP contribution is 2.15. The molecule has 0 aliphatic heterocycles. The second-order valence-electron chi connectivity index (χ2n) is 5.70. The van der Waals surface area contributed by atoms with E-state index in [4.69, 9.17) is 0 Å². The molecule has 0 aliphatic carbocycles. The maximum absolute atomic E-state index is 12.7. The van der Waals surface area contributed by atoms with E-state index >= 15 is 0 Å². The zero-order chi connectivity index (χ0) is 17.0. The summed E-state index contributed by atoms with van der Waals surface area (Å²) < 4.78 is 1.74. The monoisotopic (exact) mass is 317 g/mol. The molecule has 0 bridgehead atoms. The SMILES string of the molecule is CCCCC(NC(=O)c1c(CC)nc2ccc(C)cn12)C(=O)O. The molecule has 2 aromatic rings. The van der Waals surface area contributed by atoms with E-state index in [2.05, 4.69) is 10.3 Å². The van der Waals surface area contributed by atoms with E-state index in [0.717, 1.165) is 18.4 Å². The molecule has 1 amide bonds. The lowest BCUT2D eigenvalue weighted by Crippen LogP contribution is -2.41. The van der Waals surface area contributed by atoms with E-state index in [0.29, 0.717) is 29.9 Å². The van der Waals surface area contributed by atoms with Crippen molar-refractivity contribution in [2.75, 3.05) is 0 Å². The number of aliphatic carboxylic acids is 1. The fourth-order valence-electron chi connectivity index (χ4n) is 2.58. The molecule has 2 aromatic heterocycles. The van der Waals surface area contributed by atoms with Gasteiger partial charge in [-0.15, -0.1) is 0 Å². The van der Waals surface area contributed by atoms with Gasteiger partial charge in [-0.1, -0.05) is 32.8 Å². The number of carbonyl (C=O) groups excluding carboxylic acids is 1. The molecule has 2 N–H and O–H groups in total. The highest BCUT2D eigenvalue weighted by Gasteiger charge is 2.24. The first-order valence-corrected chi connectivity index (χ1v) is 7.99. The molecule has 0 aromatic carbocycles. The summed E-state index contributed by atoms with van der Waals surface area (Å²) >= 11 is 0. The number of aryl methyl sites for hydroxylation is 2. The number of aromatic nitrogens is 2. The van der Waals surface area contributed by atoms with Crippen LogP contribution in [0.2, 0.25) is 0 Å². The Bertz CT molecular complexity index is 721. The Morgan fingerprint density at radius 2 is 2.09 bits per heavy atom. The second kappa shape index (κ2) is 7.26. The third kappa shape index (κ3) is 3.70. The van der Waals surface area contributed by atoms with Crippen LogP contribution in [0.25, 0.3) is 5.65 Å². The number of fused-ring (bicyclic) bond motifs is 1. The molecule has 23 heavy (non-hydrogen) atoms. The molecular weight excluding hydrogens is 294 g/mol. The Morgan fingerprint density at radius 3 is 2.70 bits per heavy atom. The quantitative estimate of drug-likeness (QED) is 0.822. The van der Waals surface area contributed by atoms with Crippen LogP contribution in [0.5, 0.6) is 0 Å². The maximum Gasteiger partial charge on any atom is 0.326 e. The molecule has 2 heterocycles. The molecule has 0 fully saturated rings. The van der Waals surface area contributed by atoms with Crippen molar-refractivity contribution in [2.45, 2.75) is 52.5 Å². The molecule has 6 nitrogen and oxygen atoms in total. The molecule has 0 saturated carbocycles. The third-order valence-corrected chi connectivity index (χ3v) is 3.84. The first kappa shape index (κ1) is 17.0. The van der Waals surface area contributed by atoms with E-state index < -0.39 is 12.0 Å². The average molecular weight is 317 g/mol. The lowest BCUT2D eigenvalue weighted by atomic mass is 10.1. The Labute approximate surface area is 135 Å². The highest BCUT2D eigenvalue weighted by atomic mass is 16.4. The molecule has 1 unspecified atom stereocenters. The first-order chi connectivity index (χ1) is 11.0. The van der Waals surface area contributed by atoms with Crippen molar-refractivity contribution < 1.29 is 14.7 Å². The summed E-state index contributed by atoms with van der Waals surface area (Å²) in [5.41, 5.74) is 2.80. The summed E-state index contributed by atoms with van der Waals surface area (Å²) in [6, 6.07) is 2.92. The predicted molar refractivity (Wildman–Crippen MR) is 87.7 cm³/mol. The summed E-state index contributed by atoms with van der Waals surface area (Å²) in [5, 5.41) is 11.9. The minimum atomic E-state index is -1.00. The van der Waals surface area contributed by atoms with Gasteiger partial charge in [0.1, 0.15) is 17.4 Å². The normalized spacial score (nSPS) is 12.3. The van der Waals surface area contributed by atoms with Crippen LogP contribution in [0.15, 0.2) is 18.3 Å². The van der Waals surface area contributed by atoms with Crippen molar-refractivity contribution in [1.82, 2.24) is 14.7 Å². The summed E-state index contributed by atoms with van der Waals surface area (Å²) in [4.78, 5) is 28.5. The zero-order valence-corrected chi connectivity index (χ0v) is 13.8. The highest BCUT2D eigenvalue weighted by molar-refractivity contribution is 5.97. The Balaban J connectivity index is 2.35. The van der Waals surface area contributed by atoms with Gasteiger partial charge in [0, 0.05) is 6.20 Å². The van der Waals surface area contributed by atoms with E-state index in [9.17, 15) is 14.7 Å². The summed E-state index contributed by atoms with van der Waals surface area (Å²) in [6.45, 7) is 5.86. The van der Waals surface area contributed by atoms with Gasteiger partial charge in [-0.2, -0.15) is 0 Å². The summed E-state index contributed by atoms with van der Waals surface area (Å²) in [6.07, 6.45) is 4.52. The van der Waals surface area contributed by atoms with Crippen LogP contribution in [0, 0.1) is 6.92 Å². The number of hydrogen-bond donors (Lipinski definition) is 2. The minimum absolute atomic E-state index is 0.386. The summed E-state index contributed by atoms with van der Waals surface area (Å²) in [7, 11) is 0. The van der Waals surface area contributed by atoms with Crippen LogP contribution in [0.1, 0.15) is 54.9 Å². The van der Waals surface area contributed by atoms with Crippen molar-refractivity contribution in [3.63, 3.8) is 0 Å². The van der Waals surface area contributed by atoms with Gasteiger partial charge in [0.2, 0.25) is 0 Å². The Hall–Kier alpha value is -2.37. The van der Waals surface area contributed by atoms with Crippen molar-refractivity contribution in [3.05, 3.63) is 35.3 Å². The van der Waals surface area contributed by atoms with Gasteiger partial charge in [-0.3, -0.25) is 9.20 Å². The number of pyridine rings is 1. The van der Waals surface area contributed by atoms with Crippen molar-refractivity contribution in [2.24, 2.45) is 0 Å². The van der Waals surface area contributed by atoms with Crippen LogP contribution < -0.4 is 5.32 Å². The Morgan fingerprint density at radius 1 is 1.35 bits per heavy atom. The number of hydrogen-bond acceptors (Lipinski definition) is 3. The number of carboxylic acid groups (broad SMARTS) is 1. The third-order valence-electron chi connectivity index (χ3n) is 3.84. The van der Waals surface area contributed by atoms with Gasteiger partial charge in [0.25, 0.3) is 5.91 Å². The zero-order valence-electron chi connectivity index (χ0n) is 13.8. The van der Waals surface area contributed by atoms with Crippen LogP contribution >= 0.6 is 0 Å². The number of carbonyl (C=O) groups is 2. The number of rotatable bonds is 7. The van der Waals surface area contributed by atoms with E-state index in [-0.39, 0.29) is 5.91 Å². The lowest BCUT2D eigenvalue weighted by Gasteiger charge is -2.14. The van der Waals surface area contributed by atoms with E-state index in [1.54, 1.807) is 4.40 Å². The number of nitrogens with one attached hydrogen (secondary N) is 1. The van der Waals surface area contributed by atoms with E-state index in [1.165, 1.54) is 0 Å². The fraction of sp³-hybridized carbons (Fsp3) is 0.471. The van der Waals surface area contributed by atoms with Crippen molar-refractivity contribution in [3.8, 4) is 0 Å². The number of imidazole rings is 1. The number of carboxylic acids is 1. The molecule has 0 aliphatic rings. The van der Waals surface area contributed by atoms with Crippen LogP contribution in [0.3, 0.4) is 0 Å². The first-order valence-electron chi connectivity index (χ1n) is 7.99. The molecule has 1 atom stereocenters. The van der Waals surface area contributed by atoms with Gasteiger partial charge in [-0.25, -0.2) is 9.78 Å². The maximum atomic E-state index is 12.7. The van der Waals surface area contributed by atoms with E-state index in [1.807, 2.05) is 39.1 Å². The molecule has 0 radical (unpaired) electrons. The van der Waals surface area contributed by atoms with Crippen LogP contribution in [-0.4, -0.2) is 32.4 Å². The van der Waals surface area contributed by atoms with Gasteiger partial charge < -0.3 is 10.4 Å². The van der Waals surface area contributed by atoms with Gasteiger partial charge >= 0.3 is 5.97 Å². The van der Waals surface area contributed by atoms with Crippen LogP contribution in [-0.2, 0) is 11.2 Å². The molecule has 124 valence electrons. The van der Waals surface area contributed by atoms with Crippen molar-refractivity contribution >= 4 is 17.5 Å². The average Bonchev–Trinajstić information content (AvgIpc) is 2.88. The van der Waals surface area contributed by atoms with Gasteiger partial charge in [-0.05, 0) is 31.4 Å². The van der Waals surface area contributed by atoms with Crippen molar-refractivity contribution in [1.29, 1.82) is 0 Å². The van der Waals surface area contributed by atoms with Crippen LogP contribution in [0.4, 0.5) is 0 Å². The number of amides is 1. The largest absolute Gasteiger partial charge is 0.480 e. The smallest absolute Gasteiger partial charge is 0.326 e. The Kier molecular flexibility index (Phi) is 5.36. The second-order valence-corrected chi connectivity index (χ2v) is 5.70. The molecular formula is C17H23N3O3.